The Morgan fingerprint density at radius 2 is 1.71 bits per heavy atom. The molecule has 0 aliphatic rings. The number of nitro benzene ring substituents is 1. The van der Waals surface area contributed by atoms with E-state index >= 15 is 0 Å². The lowest BCUT2D eigenvalue weighted by Gasteiger charge is -2.08. The number of para-hydroxylation sites is 1. The molecule has 0 aliphatic heterocycles. The van der Waals surface area contributed by atoms with E-state index in [1.807, 2.05) is 0 Å². The van der Waals surface area contributed by atoms with Crippen LogP contribution in [0.15, 0.2) is 53.4 Å². The Morgan fingerprint density at radius 3 is 2.29 bits per heavy atom. The number of aliphatic hydroxyl groups excluding tert-OH is 1. The van der Waals surface area contributed by atoms with Crippen LogP contribution in [-0.4, -0.2) is 18.4 Å². The number of nitro groups is 1. The quantitative estimate of drug-likeness (QED) is 0.647. The molecule has 0 amide bonds. The zero-order valence-electron chi connectivity index (χ0n) is 10.8. The highest BCUT2D eigenvalue weighted by molar-refractivity contribution is 7.92. The van der Waals surface area contributed by atoms with Gasteiger partial charge in [0.1, 0.15) is 0 Å². The van der Waals surface area contributed by atoms with Crippen molar-refractivity contribution in [1.82, 2.24) is 0 Å². The largest absolute Gasteiger partial charge is 0.392 e. The molecule has 0 aromatic heterocycles. The number of benzene rings is 2. The Morgan fingerprint density at radius 1 is 1.10 bits per heavy atom. The first kappa shape index (κ1) is 14.9. The van der Waals surface area contributed by atoms with Crippen molar-refractivity contribution in [1.29, 1.82) is 0 Å². The van der Waals surface area contributed by atoms with Gasteiger partial charge in [0.15, 0.2) is 4.90 Å². The normalized spacial score (nSPS) is 11.1. The lowest BCUT2D eigenvalue weighted by atomic mass is 10.2. The highest BCUT2D eigenvalue weighted by atomic mass is 32.2. The second kappa shape index (κ2) is 5.90. The topological polar surface area (TPSA) is 110 Å². The second-order valence-corrected chi connectivity index (χ2v) is 5.84. The molecule has 2 rings (SSSR count). The summed E-state index contributed by atoms with van der Waals surface area (Å²) in [7, 11) is -4.06. The van der Waals surface area contributed by atoms with E-state index in [4.69, 9.17) is 5.11 Å². The zero-order chi connectivity index (χ0) is 15.5. The van der Waals surface area contributed by atoms with E-state index in [0.29, 0.717) is 5.56 Å². The van der Waals surface area contributed by atoms with Crippen LogP contribution in [0.1, 0.15) is 5.56 Å². The summed E-state index contributed by atoms with van der Waals surface area (Å²) in [5.41, 5.74) is 0.394. The monoisotopic (exact) mass is 308 g/mol. The molecule has 2 aromatic carbocycles. The summed E-state index contributed by atoms with van der Waals surface area (Å²) >= 11 is 0. The molecular formula is C13H12N2O5S. The van der Waals surface area contributed by atoms with E-state index < -0.39 is 25.5 Å². The van der Waals surface area contributed by atoms with Gasteiger partial charge in [0.05, 0.1) is 11.5 Å². The maximum Gasteiger partial charge on any atom is 0.289 e. The van der Waals surface area contributed by atoms with Crippen LogP contribution in [0.2, 0.25) is 0 Å². The fourth-order valence-corrected chi connectivity index (χ4v) is 2.96. The van der Waals surface area contributed by atoms with Crippen molar-refractivity contribution in [2.24, 2.45) is 0 Å². The second-order valence-electron chi connectivity index (χ2n) is 4.19. The molecule has 0 atom stereocenters. The van der Waals surface area contributed by atoms with Gasteiger partial charge in [-0.25, -0.2) is 8.42 Å². The number of hydrogen-bond donors (Lipinski definition) is 2. The molecule has 0 saturated carbocycles. The summed E-state index contributed by atoms with van der Waals surface area (Å²) in [5, 5.41) is 19.8. The standard InChI is InChI=1S/C13H12N2O5S/c16-9-10-5-7-11(8-6-10)14-21(19,20)13-4-2-1-3-12(13)15(17)18/h1-8,14,16H,9H2. The highest BCUT2D eigenvalue weighted by Gasteiger charge is 2.24. The minimum atomic E-state index is -4.06. The Labute approximate surface area is 121 Å². The van der Waals surface area contributed by atoms with Crippen molar-refractivity contribution >= 4 is 21.4 Å². The van der Waals surface area contributed by atoms with E-state index in [2.05, 4.69) is 4.72 Å². The minimum Gasteiger partial charge on any atom is -0.392 e. The van der Waals surface area contributed by atoms with Gasteiger partial charge in [-0.15, -0.1) is 0 Å². The molecule has 0 spiro atoms. The molecule has 21 heavy (non-hydrogen) atoms. The van der Waals surface area contributed by atoms with Crippen molar-refractivity contribution in [2.45, 2.75) is 11.5 Å². The van der Waals surface area contributed by atoms with E-state index in [1.165, 1.54) is 30.3 Å². The highest BCUT2D eigenvalue weighted by Crippen LogP contribution is 2.25. The van der Waals surface area contributed by atoms with Crippen LogP contribution in [-0.2, 0) is 16.6 Å². The summed E-state index contributed by atoms with van der Waals surface area (Å²) in [5.74, 6) is 0. The van der Waals surface area contributed by atoms with Crippen LogP contribution in [0.4, 0.5) is 11.4 Å². The number of aliphatic hydroxyl groups is 1. The third-order valence-electron chi connectivity index (χ3n) is 2.74. The van der Waals surface area contributed by atoms with Gasteiger partial charge >= 0.3 is 0 Å². The molecule has 0 unspecified atom stereocenters. The smallest absolute Gasteiger partial charge is 0.289 e. The maximum absolute atomic E-state index is 12.2. The summed E-state index contributed by atoms with van der Waals surface area (Å²) in [4.78, 5) is 9.74. The van der Waals surface area contributed by atoms with E-state index in [1.54, 1.807) is 12.1 Å². The minimum absolute atomic E-state index is 0.156. The molecule has 7 nitrogen and oxygen atoms in total. The van der Waals surface area contributed by atoms with Crippen LogP contribution < -0.4 is 4.72 Å². The van der Waals surface area contributed by atoms with Crippen LogP contribution >= 0.6 is 0 Å². The molecule has 0 aliphatic carbocycles. The van der Waals surface area contributed by atoms with Gasteiger partial charge in [-0.1, -0.05) is 24.3 Å². The average Bonchev–Trinajstić information content (AvgIpc) is 2.47. The van der Waals surface area contributed by atoms with Gasteiger partial charge in [-0.05, 0) is 23.8 Å². The molecule has 0 saturated heterocycles. The van der Waals surface area contributed by atoms with Crippen LogP contribution in [0, 0.1) is 10.1 Å². The Bertz CT molecular complexity index is 756. The average molecular weight is 308 g/mol. The first-order valence-electron chi connectivity index (χ1n) is 5.90. The van der Waals surface area contributed by atoms with Gasteiger partial charge < -0.3 is 5.11 Å². The van der Waals surface area contributed by atoms with Crippen LogP contribution in [0.5, 0.6) is 0 Å². The summed E-state index contributed by atoms with van der Waals surface area (Å²) in [6.07, 6.45) is 0. The molecule has 110 valence electrons. The summed E-state index contributed by atoms with van der Waals surface area (Å²) in [6.45, 7) is -0.156. The zero-order valence-corrected chi connectivity index (χ0v) is 11.6. The van der Waals surface area contributed by atoms with Gasteiger partial charge in [-0.2, -0.15) is 0 Å². The first-order valence-corrected chi connectivity index (χ1v) is 7.38. The van der Waals surface area contributed by atoms with Crippen molar-refractivity contribution in [3.05, 3.63) is 64.2 Å². The first-order chi connectivity index (χ1) is 9.94. The Hall–Kier alpha value is -2.45. The molecule has 8 heteroatoms. The summed E-state index contributed by atoms with van der Waals surface area (Å²) < 4.78 is 26.7. The number of anilines is 1. The third-order valence-corrected chi connectivity index (χ3v) is 4.17. The Kier molecular flexibility index (Phi) is 4.20. The van der Waals surface area contributed by atoms with Crippen molar-refractivity contribution in [2.75, 3.05) is 4.72 Å². The number of nitrogens with zero attached hydrogens (tertiary/aromatic N) is 1. The van der Waals surface area contributed by atoms with Gasteiger partial charge in [-0.3, -0.25) is 14.8 Å². The SMILES string of the molecule is O=[N+]([O-])c1ccccc1S(=O)(=O)Nc1ccc(CO)cc1. The number of hydrogen-bond acceptors (Lipinski definition) is 5. The molecule has 0 bridgehead atoms. The molecule has 0 radical (unpaired) electrons. The molecule has 2 aromatic rings. The van der Waals surface area contributed by atoms with Gasteiger partial charge in [0, 0.05) is 11.8 Å². The lowest BCUT2D eigenvalue weighted by molar-refractivity contribution is -0.387. The summed E-state index contributed by atoms with van der Waals surface area (Å²) in [6, 6.07) is 11.2. The lowest BCUT2D eigenvalue weighted by Crippen LogP contribution is -2.14. The van der Waals surface area contributed by atoms with Crippen molar-refractivity contribution in [3.8, 4) is 0 Å². The number of nitrogens with one attached hydrogen (secondary N) is 1. The maximum atomic E-state index is 12.2. The van der Waals surface area contributed by atoms with Crippen molar-refractivity contribution < 1.29 is 18.4 Å². The van der Waals surface area contributed by atoms with Crippen molar-refractivity contribution in [3.63, 3.8) is 0 Å². The Balaban J connectivity index is 2.36. The van der Waals surface area contributed by atoms with Gasteiger partial charge in [0.2, 0.25) is 0 Å². The van der Waals surface area contributed by atoms with Gasteiger partial charge in [0.25, 0.3) is 15.7 Å². The fraction of sp³-hybridized carbons (Fsp3) is 0.0769. The van der Waals surface area contributed by atoms with Crippen LogP contribution in [0.25, 0.3) is 0 Å². The molecule has 0 heterocycles. The van der Waals surface area contributed by atoms with E-state index in [9.17, 15) is 18.5 Å². The third kappa shape index (κ3) is 3.36. The number of rotatable bonds is 5. The van der Waals surface area contributed by atoms with E-state index in [0.717, 1.165) is 6.07 Å². The molecular weight excluding hydrogens is 296 g/mol. The number of sulfonamides is 1. The predicted octanol–water partition coefficient (Wildman–Crippen LogP) is 1.89. The fourth-order valence-electron chi connectivity index (χ4n) is 1.72. The van der Waals surface area contributed by atoms with Crippen LogP contribution in [0.3, 0.4) is 0 Å². The molecule has 2 N–H and O–H groups in total. The molecule has 0 fully saturated rings. The van der Waals surface area contributed by atoms with E-state index in [-0.39, 0.29) is 12.3 Å². The predicted molar refractivity (Wildman–Crippen MR) is 76.3 cm³/mol.